The van der Waals surface area contributed by atoms with Gasteiger partial charge in [0.25, 0.3) is 0 Å². The van der Waals surface area contributed by atoms with Crippen LogP contribution in [0, 0.1) is 0 Å². The third-order valence-electron chi connectivity index (χ3n) is 1.51. The number of hydrogen-bond acceptors (Lipinski definition) is 2. The first-order valence-electron chi connectivity index (χ1n) is 4.19. The zero-order chi connectivity index (χ0) is 10.3. The zero-order valence-electron chi connectivity index (χ0n) is 7.69. The largest absolute Gasteiger partial charge is 0.462 e. The number of hydrogen-bond donors (Lipinski definition) is 0. The minimum absolute atomic E-state index is 0.0402. The SMILES string of the molecule is C=C(C(=O)OCCCC)C(Br)CBr. The maximum atomic E-state index is 11.2. The third kappa shape index (κ3) is 5.47. The van der Waals surface area contributed by atoms with E-state index in [1.807, 2.05) is 0 Å². The van der Waals surface area contributed by atoms with Crippen molar-refractivity contribution < 1.29 is 9.53 Å². The lowest BCUT2D eigenvalue weighted by molar-refractivity contribution is -0.139. The van der Waals surface area contributed by atoms with Crippen LogP contribution in [0.1, 0.15) is 19.8 Å². The first kappa shape index (κ1) is 13.2. The highest BCUT2D eigenvalue weighted by Gasteiger charge is 2.15. The molecule has 0 aromatic rings. The number of carbonyl (C=O) groups excluding carboxylic acids is 1. The molecular weight excluding hydrogens is 300 g/mol. The van der Waals surface area contributed by atoms with Crippen LogP contribution >= 0.6 is 31.9 Å². The third-order valence-corrected chi connectivity index (χ3v) is 3.90. The smallest absolute Gasteiger partial charge is 0.334 e. The summed E-state index contributed by atoms with van der Waals surface area (Å²) in [6.07, 6.45) is 1.93. The molecule has 0 spiro atoms. The molecule has 0 fully saturated rings. The van der Waals surface area contributed by atoms with Gasteiger partial charge in [0.05, 0.1) is 11.4 Å². The molecule has 0 radical (unpaired) electrons. The molecule has 0 saturated carbocycles. The normalized spacial score (nSPS) is 12.2. The highest BCUT2D eigenvalue weighted by atomic mass is 79.9. The quantitative estimate of drug-likeness (QED) is 0.326. The van der Waals surface area contributed by atoms with Crippen LogP contribution in [0.4, 0.5) is 0 Å². The lowest BCUT2D eigenvalue weighted by atomic mass is 10.2. The van der Waals surface area contributed by atoms with Gasteiger partial charge in [0.15, 0.2) is 0 Å². The molecule has 0 amide bonds. The number of halogens is 2. The van der Waals surface area contributed by atoms with Crippen LogP contribution < -0.4 is 0 Å². The van der Waals surface area contributed by atoms with Crippen molar-refractivity contribution in [2.75, 3.05) is 11.9 Å². The van der Waals surface area contributed by atoms with Gasteiger partial charge in [-0.1, -0.05) is 51.8 Å². The minimum atomic E-state index is -0.310. The van der Waals surface area contributed by atoms with Gasteiger partial charge in [0.2, 0.25) is 0 Å². The molecule has 0 rings (SSSR count). The van der Waals surface area contributed by atoms with E-state index in [1.165, 1.54) is 0 Å². The van der Waals surface area contributed by atoms with E-state index < -0.39 is 0 Å². The molecule has 0 heterocycles. The predicted octanol–water partition coefficient (Wildman–Crippen LogP) is 3.04. The highest BCUT2D eigenvalue weighted by Crippen LogP contribution is 2.14. The average molecular weight is 314 g/mol. The molecule has 0 aliphatic rings. The lowest BCUT2D eigenvalue weighted by Gasteiger charge is -2.09. The molecule has 0 aliphatic carbocycles. The molecule has 4 heteroatoms. The van der Waals surface area contributed by atoms with Gasteiger partial charge in [-0.2, -0.15) is 0 Å². The fourth-order valence-electron chi connectivity index (χ4n) is 0.623. The van der Waals surface area contributed by atoms with Gasteiger partial charge in [0, 0.05) is 10.9 Å². The molecule has 0 aromatic heterocycles. The topological polar surface area (TPSA) is 26.3 Å². The molecular formula is C9H14Br2O2. The molecule has 0 bridgehead atoms. The van der Waals surface area contributed by atoms with Gasteiger partial charge in [-0.3, -0.25) is 0 Å². The van der Waals surface area contributed by atoms with E-state index in [0.29, 0.717) is 17.5 Å². The molecule has 0 aliphatic heterocycles. The van der Waals surface area contributed by atoms with E-state index >= 15 is 0 Å². The van der Waals surface area contributed by atoms with E-state index in [4.69, 9.17) is 4.74 Å². The second kappa shape index (κ2) is 7.56. The Morgan fingerprint density at radius 3 is 2.69 bits per heavy atom. The van der Waals surface area contributed by atoms with Gasteiger partial charge >= 0.3 is 5.97 Å². The van der Waals surface area contributed by atoms with Gasteiger partial charge in [-0.25, -0.2) is 4.79 Å². The Bertz CT molecular complexity index is 180. The molecule has 0 aromatic carbocycles. The van der Waals surface area contributed by atoms with Gasteiger partial charge in [-0.15, -0.1) is 0 Å². The number of unbranched alkanes of at least 4 members (excludes halogenated alkanes) is 1. The lowest BCUT2D eigenvalue weighted by Crippen LogP contribution is -2.16. The van der Waals surface area contributed by atoms with Crippen molar-refractivity contribution in [3.63, 3.8) is 0 Å². The van der Waals surface area contributed by atoms with Gasteiger partial charge in [-0.05, 0) is 6.42 Å². The molecule has 76 valence electrons. The van der Waals surface area contributed by atoms with Crippen LogP contribution in [0.15, 0.2) is 12.2 Å². The van der Waals surface area contributed by atoms with E-state index in [0.717, 1.165) is 12.8 Å². The number of esters is 1. The summed E-state index contributed by atoms with van der Waals surface area (Å²) >= 11 is 6.55. The molecule has 1 unspecified atom stereocenters. The van der Waals surface area contributed by atoms with Crippen molar-refractivity contribution in [1.82, 2.24) is 0 Å². The van der Waals surface area contributed by atoms with E-state index in [-0.39, 0.29) is 10.8 Å². The van der Waals surface area contributed by atoms with E-state index in [1.54, 1.807) is 0 Å². The second-order valence-electron chi connectivity index (χ2n) is 2.64. The van der Waals surface area contributed by atoms with Crippen molar-refractivity contribution in [2.45, 2.75) is 24.6 Å². The monoisotopic (exact) mass is 312 g/mol. The molecule has 0 N–H and O–H groups in total. The molecule has 1 atom stereocenters. The Balaban J connectivity index is 3.76. The number of rotatable bonds is 6. The zero-order valence-corrected chi connectivity index (χ0v) is 10.9. The first-order valence-corrected chi connectivity index (χ1v) is 6.23. The standard InChI is InChI=1S/C9H14Br2O2/c1-3-4-5-13-9(12)7(2)8(11)6-10/h8H,2-6H2,1H3. The Hall–Kier alpha value is 0.170. The Morgan fingerprint density at radius 2 is 2.23 bits per heavy atom. The van der Waals surface area contributed by atoms with Gasteiger partial charge < -0.3 is 4.74 Å². The Kier molecular flexibility index (Phi) is 7.66. The Morgan fingerprint density at radius 1 is 1.62 bits per heavy atom. The van der Waals surface area contributed by atoms with Crippen molar-refractivity contribution in [3.8, 4) is 0 Å². The summed E-state index contributed by atoms with van der Waals surface area (Å²) in [5, 5.41) is 0.661. The van der Waals surface area contributed by atoms with Crippen LogP contribution in [-0.2, 0) is 9.53 Å². The van der Waals surface area contributed by atoms with Crippen LogP contribution in [0.5, 0.6) is 0 Å². The van der Waals surface area contributed by atoms with Crippen molar-refractivity contribution in [2.24, 2.45) is 0 Å². The first-order chi connectivity index (χ1) is 6.13. The maximum Gasteiger partial charge on any atom is 0.334 e. The predicted molar refractivity (Wildman–Crippen MR) is 61.5 cm³/mol. The van der Waals surface area contributed by atoms with Gasteiger partial charge in [0.1, 0.15) is 0 Å². The second-order valence-corrected chi connectivity index (χ2v) is 4.39. The summed E-state index contributed by atoms with van der Waals surface area (Å²) in [7, 11) is 0. The number of carbonyl (C=O) groups is 1. The van der Waals surface area contributed by atoms with E-state index in [9.17, 15) is 4.79 Å². The van der Waals surface area contributed by atoms with Crippen LogP contribution in [0.3, 0.4) is 0 Å². The average Bonchev–Trinajstić information content (AvgIpc) is 2.15. The summed E-state index contributed by atoms with van der Waals surface area (Å²) < 4.78 is 4.98. The van der Waals surface area contributed by atoms with E-state index in [2.05, 4.69) is 45.4 Å². The summed E-state index contributed by atoms with van der Waals surface area (Å²) in [5.41, 5.74) is 0.466. The highest BCUT2D eigenvalue weighted by molar-refractivity contribution is 9.12. The fourth-order valence-corrected chi connectivity index (χ4v) is 1.20. The van der Waals surface area contributed by atoms with Crippen molar-refractivity contribution >= 4 is 37.8 Å². The number of ether oxygens (including phenoxy) is 1. The summed E-state index contributed by atoms with van der Waals surface area (Å²) in [6.45, 7) is 6.19. The summed E-state index contributed by atoms with van der Waals surface area (Å²) in [6, 6.07) is 0. The molecule has 13 heavy (non-hydrogen) atoms. The maximum absolute atomic E-state index is 11.2. The Labute approximate surface area is 96.0 Å². The van der Waals surface area contributed by atoms with Crippen LogP contribution in [0.25, 0.3) is 0 Å². The molecule has 2 nitrogen and oxygen atoms in total. The van der Waals surface area contributed by atoms with Crippen LogP contribution in [-0.4, -0.2) is 22.7 Å². The van der Waals surface area contributed by atoms with Crippen molar-refractivity contribution in [1.29, 1.82) is 0 Å². The molecule has 0 saturated heterocycles. The minimum Gasteiger partial charge on any atom is -0.462 e. The summed E-state index contributed by atoms with van der Waals surface area (Å²) in [5.74, 6) is -0.310. The van der Waals surface area contributed by atoms with Crippen molar-refractivity contribution in [3.05, 3.63) is 12.2 Å². The number of alkyl halides is 2. The fraction of sp³-hybridized carbons (Fsp3) is 0.667. The summed E-state index contributed by atoms with van der Waals surface area (Å²) in [4.78, 5) is 11.2. The van der Waals surface area contributed by atoms with Crippen LogP contribution in [0.2, 0.25) is 0 Å².